The maximum atomic E-state index is 13.4. The second-order valence-corrected chi connectivity index (χ2v) is 8.80. The first-order valence-corrected chi connectivity index (χ1v) is 11.9. The maximum Gasteiger partial charge on any atom is 0.326 e. The fraction of sp³-hybridized carbons (Fsp3) is 0.207. The number of nitrogens with zero attached hydrogens (tertiary/aromatic N) is 3. The van der Waals surface area contributed by atoms with E-state index in [1.54, 1.807) is 12.0 Å². The van der Waals surface area contributed by atoms with Gasteiger partial charge in [0.25, 0.3) is 5.89 Å². The summed E-state index contributed by atoms with van der Waals surface area (Å²) in [7, 11) is 1.61. The Kier molecular flexibility index (Phi) is 6.29. The number of methoxy groups -OCH3 is 1. The van der Waals surface area contributed by atoms with Gasteiger partial charge in [0, 0.05) is 11.3 Å². The van der Waals surface area contributed by atoms with Crippen molar-refractivity contribution in [2.45, 2.75) is 33.2 Å². The number of benzene rings is 3. The van der Waals surface area contributed by atoms with Crippen LogP contribution in [0.1, 0.15) is 42.5 Å². The Labute approximate surface area is 210 Å². The van der Waals surface area contributed by atoms with Crippen molar-refractivity contribution < 1.29 is 14.1 Å². The number of allylic oxidation sites excluding steroid dienone is 1. The number of aryl methyl sites for hydroxylation is 2. The van der Waals surface area contributed by atoms with Crippen molar-refractivity contribution in [2.24, 2.45) is 0 Å². The van der Waals surface area contributed by atoms with Gasteiger partial charge in [0.2, 0.25) is 5.82 Å². The quantitative estimate of drug-likeness (QED) is 0.349. The molecule has 5 rings (SSSR count). The van der Waals surface area contributed by atoms with E-state index < -0.39 is 6.04 Å². The molecule has 0 spiro atoms. The van der Waals surface area contributed by atoms with Gasteiger partial charge >= 0.3 is 6.03 Å². The average Bonchev–Trinajstić information content (AvgIpc) is 3.39. The summed E-state index contributed by atoms with van der Waals surface area (Å²) in [6, 6.07) is 22.9. The van der Waals surface area contributed by atoms with Crippen LogP contribution < -0.4 is 15.0 Å². The van der Waals surface area contributed by atoms with Crippen LogP contribution in [0.3, 0.4) is 0 Å². The molecule has 1 unspecified atom stereocenters. The van der Waals surface area contributed by atoms with Gasteiger partial charge in [-0.2, -0.15) is 4.98 Å². The van der Waals surface area contributed by atoms with Crippen molar-refractivity contribution >= 4 is 17.3 Å². The normalized spacial score (nSPS) is 15.7. The Morgan fingerprint density at radius 1 is 1.03 bits per heavy atom. The van der Waals surface area contributed by atoms with E-state index in [1.807, 2.05) is 74.5 Å². The smallest absolute Gasteiger partial charge is 0.326 e. The summed E-state index contributed by atoms with van der Waals surface area (Å²) < 4.78 is 11.1. The Hall–Kier alpha value is -4.39. The van der Waals surface area contributed by atoms with Crippen molar-refractivity contribution in [1.29, 1.82) is 0 Å². The number of amides is 2. The molecule has 1 atom stereocenters. The van der Waals surface area contributed by atoms with Gasteiger partial charge in [-0.3, -0.25) is 4.90 Å². The summed E-state index contributed by atoms with van der Waals surface area (Å²) in [6.07, 6.45) is 0.938. The predicted octanol–water partition coefficient (Wildman–Crippen LogP) is 6.32. The van der Waals surface area contributed by atoms with Crippen LogP contribution in [0.25, 0.3) is 17.0 Å². The van der Waals surface area contributed by atoms with Crippen LogP contribution in [-0.2, 0) is 6.42 Å². The number of carbonyl (C=O) groups excluding carboxylic acids is 1. The van der Waals surface area contributed by atoms with Crippen LogP contribution in [0, 0.1) is 6.92 Å². The number of rotatable bonds is 6. The molecule has 0 aliphatic carbocycles. The lowest BCUT2D eigenvalue weighted by Crippen LogP contribution is -2.46. The van der Waals surface area contributed by atoms with Crippen molar-refractivity contribution in [3.05, 3.63) is 101 Å². The highest BCUT2D eigenvalue weighted by Crippen LogP contribution is 2.39. The molecule has 1 N–H and O–H groups in total. The van der Waals surface area contributed by atoms with Crippen LogP contribution in [-0.4, -0.2) is 23.3 Å². The topological polar surface area (TPSA) is 80.5 Å². The number of anilines is 1. The second kappa shape index (κ2) is 9.70. The number of nitrogens with one attached hydrogen (secondary N) is 1. The van der Waals surface area contributed by atoms with E-state index in [0.717, 1.165) is 28.7 Å². The zero-order valence-electron chi connectivity index (χ0n) is 20.8. The molecule has 182 valence electrons. The van der Waals surface area contributed by atoms with Crippen LogP contribution in [0.2, 0.25) is 0 Å². The standard InChI is InChI=1S/C29H28N4O3/c1-5-20-9-11-21(12-10-20)26-25(28-31-27(32-36-28)22-8-6-7-18(2)17-22)19(3)33(29(34)30-26)23-13-15-24(35-4)16-14-23/h6-17,26H,5H2,1-4H3,(H,30,34). The molecule has 4 aromatic rings. The van der Waals surface area contributed by atoms with Gasteiger partial charge in [-0.25, -0.2) is 4.79 Å². The van der Waals surface area contributed by atoms with Gasteiger partial charge in [0.05, 0.1) is 24.4 Å². The third-order valence-corrected chi connectivity index (χ3v) is 6.47. The SMILES string of the molecule is CCc1ccc(C2NC(=O)N(c3ccc(OC)cc3)C(C)=C2c2nc(-c3cccc(C)c3)no2)cc1. The first kappa shape index (κ1) is 23.4. The number of carbonyl (C=O) groups is 1. The minimum absolute atomic E-state index is 0.232. The third kappa shape index (κ3) is 4.35. The molecular formula is C29H28N4O3. The lowest BCUT2D eigenvalue weighted by molar-refractivity contribution is 0.244. The molecule has 1 aliphatic rings. The van der Waals surface area contributed by atoms with E-state index in [-0.39, 0.29) is 6.03 Å². The van der Waals surface area contributed by atoms with E-state index in [2.05, 4.69) is 29.5 Å². The van der Waals surface area contributed by atoms with Gasteiger partial charge in [0.15, 0.2) is 0 Å². The molecule has 2 amide bonds. The minimum atomic E-state index is -0.441. The predicted molar refractivity (Wildman–Crippen MR) is 140 cm³/mol. The number of hydrogen-bond acceptors (Lipinski definition) is 5. The van der Waals surface area contributed by atoms with Gasteiger partial charge in [0.1, 0.15) is 5.75 Å². The molecule has 0 bridgehead atoms. The summed E-state index contributed by atoms with van der Waals surface area (Å²) in [6.45, 7) is 6.05. The first-order valence-electron chi connectivity index (χ1n) is 11.9. The molecule has 1 aliphatic heterocycles. The Bertz CT molecular complexity index is 1420. The highest BCUT2D eigenvalue weighted by atomic mass is 16.5. The molecule has 1 aromatic heterocycles. The molecule has 7 heteroatoms. The highest BCUT2D eigenvalue weighted by Gasteiger charge is 2.36. The number of aromatic nitrogens is 2. The lowest BCUT2D eigenvalue weighted by Gasteiger charge is -2.35. The molecule has 2 heterocycles. The zero-order valence-corrected chi connectivity index (χ0v) is 20.8. The van der Waals surface area contributed by atoms with Crippen molar-refractivity contribution in [1.82, 2.24) is 15.5 Å². The lowest BCUT2D eigenvalue weighted by atomic mass is 9.93. The van der Waals surface area contributed by atoms with Crippen molar-refractivity contribution in [3.8, 4) is 17.1 Å². The Morgan fingerprint density at radius 3 is 2.44 bits per heavy atom. The van der Waals surface area contributed by atoms with Gasteiger partial charge in [-0.05, 0) is 61.7 Å². The molecule has 0 saturated carbocycles. The van der Waals surface area contributed by atoms with Crippen molar-refractivity contribution in [3.63, 3.8) is 0 Å². The molecule has 0 saturated heterocycles. The van der Waals surface area contributed by atoms with Crippen LogP contribution in [0.15, 0.2) is 83.0 Å². The van der Waals surface area contributed by atoms with E-state index >= 15 is 0 Å². The maximum absolute atomic E-state index is 13.4. The number of urea groups is 1. The van der Waals surface area contributed by atoms with E-state index in [1.165, 1.54) is 5.56 Å². The number of hydrogen-bond donors (Lipinski definition) is 1. The summed E-state index contributed by atoms with van der Waals surface area (Å²) >= 11 is 0. The van der Waals surface area contributed by atoms with Gasteiger partial charge in [-0.15, -0.1) is 0 Å². The monoisotopic (exact) mass is 480 g/mol. The Morgan fingerprint density at radius 2 is 1.78 bits per heavy atom. The Balaban J connectivity index is 1.63. The zero-order chi connectivity index (χ0) is 25.2. The molecule has 0 fully saturated rings. The summed E-state index contributed by atoms with van der Waals surface area (Å²) in [5, 5.41) is 7.42. The molecule has 3 aromatic carbocycles. The van der Waals surface area contributed by atoms with E-state index in [4.69, 9.17) is 14.2 Å². The number of ether oxygens (including phenoxy) is 1. The summed E-state index contributed by atoms with van der Waals surface area (Å²) in [5.41, 5.74) is 6.33. The first-order chi connectivity index (χ1) is 17.5. The van der Waals surface area contributed by atoms with Gasteiger partial charge < -0.3 is 14.6 Å². The summed E-state index contributed by atoms with van der Waals surface area (Å²) in [4.78, 5) is 19.8. The molecule has 7 nitrogen and oxygen atoms in total. The highest BCUT2D eigenvalue weighted by molar-refractivity contribution is 6.01. The fourth-order valence-electron chi connectivity index (χ4n) is 4.49. The fourth-order valence-corrected chi connectivity index (χ4v) is 4.49. The van der Waals surface area contributed by atoms with Crippen LogP contribution in [0.4, 0.5) is 10.5 Å². The van der Waals surface area contributed by atoms with Gasteiger partial charge in [-0.1, -0.05) is 60.1 Å². The third-order valence-electron chi connectivity index (χ3n) is 6.47. The minimum Gasteiger partial charge on any atom is -0.497 e. The average molecular weight is 481 g/mol. The van der Waals surface area contributed by atoms with Crippen molar-refractivity contribution in [2.75, 3.05) is 12.0 Å². The second-order valence-electron chi connectivity index (χ2n) is 8.80. The van der Waals surface area contributed by atoms with E-state index in [0.29, 0.717) is 28.8 Å². The molecular weight excluding hydrogens is 452 g/mol. The summed E-state index contributed by atoms with van der Waals surface area (Å²) in [5.74, 6) is 1.58. The van der Waals surface area contributed by atoms with Crippen LogP contribution >= 0.6 is 0 Å². The largest absolute Gasteiger partial charge is 0.497 e. The molecule has 0 radical (unpaired) electrons. The van der Waals surface area contributed by atoms with E-state index in [9.17, 15) is 4.79 Å². The molecule has 36 heavy (non-hydrogen) atoms. The van der Waals surface area contributed by atoms with Crippen LogP contribution in [0.5, 0.6) is 5.75 Å².